The Balaban J connectivity index is 1.67. The quantitative estimate of drug-likeness (QED) is 0.655. The third-order valence-corrected chi connectivity index (χ3v) is 10.2. The number of hydrogen-bond donors (Lipinski definition) is 0. The molecule has 1 atom stereocenters. The molecule has 0 unspecified atom stereocenters. The number of amides is 1. The normalized spacial score (nSPS) is 21.0. The molecule has 2 aromatic heterocycles. The lowest BCUT2D eigenvalue weighted by Gasteiger charge is -2.32. The largest absolute Gasteiger partial charge is 0.345 e. The van der Waals surface area contributed by atoms with Crippen LogP contribution < -0.4 is 0 Å². The van der Waals surface area contributed by atoms with E-state index in [9.17, 15) is 13.2 Å². The van der Waals surface area contributed by atoms with Gasteiger partial charge in [-0.1, -0.05) is 19.3 Å². The fourth-order valence-corrected chi connectivity index (χ4v) is 7.87. The Morgan fingerprint density at radius 1 is 1.06 bits per heavy atom. The molecule has 2 fully saturated rings. The zero-order valence-corrected chi connectivity index (χ0v) is 21.2. The van der Waals surface area contributed by atoms with E-state index >= 15 is 0 Å². The van der Waals surface area contributed by atoms with Crippen molar-refractivity contribution in [2.24, 2.45) is 7.05 Å². The summed E-state index contributed by atoms with van der Waals surface area (Å²) in [7, 11) is -1.71. The Hall–Kier alpha value is -1.71. The molecule has 2 aliphatic heterocycles. The van der Waals surface area contributed by atoms with E-state index < -0.39 is 10.0 Å². The Kier molecular flexibility index (Phi) is 6.79. The van der Waals surface area contributed by atoms with Gasteiger partial charge in [0, 0.05) is 38.4 Å². The molecule has 32 heavy (non-hydrogen) atoms. The van der Waals surface area contributed by atoms with E-state index in [-0.39, 0.29) is 11.9 Å². The predicted octanol–water partition coefficient (Wildman–Crippen LogP) is 4.34. The molecule has 7 nitrogen and oxygen atoms in total. The Morgan fingerprint density at radius 3 is 2.38 bits per heavy atom. The van der Waals surface area contributed by atoms with Gasteiger partial charge in [0.05, 0.1) is 11.4 Å². The Bertz CT molecular complexity index is 1090. The molecule has 1 amide bonds. The first-order chi connectivity index (χ1) is 15.2. The number of rotatable bonds is 4. The van der Waals surface area contributed by atoms with E-state index in [0.717, 1.165) is 50.9 Å². The molecule has 2 aromatic rings. The molecular formula is C23H34N4O3S2. The first kappa shape index (κ1) is 23.4. The maximum atomic E-state index is 13.5. The number of sulfonamides is 1. The van der Waals surface area contributed by atoms with Gasteiger partial charge in [0.2, 0.25) is 10.0 Å². The molecule has 0 spiro atoms. The van der Waals surface area contributed by atoms with Gasteiger partial charge in [-0.2, -0.15) is 4.31 Å². The number of nitrogens with zero attached hydrogens (tertiary/aromatic N) is 4. The highest BCUT2D eigenvalue weighted by molar-refractivity contribution is 7.89. The van der Waals surface area contributed by atoms with Crippen molar-refractivity contribution >= 4 is 27.3 Å². The molecule has 0 bridgehead atoms. The first-order valence-electron chi connectivity index (χ1n) is 11.7. The minimum absolute atomic E-state index is 0.0109. The van der Waals surface area contributed by atoms with E-state index in [1.165, 1.54) is 24.2 Å². The molecule has 2 aliphatic rings. The van der Waals surface area contributed by atoms with Gasteiger partial charge in [0.15, 0.2) is 0 Å². The van der Waals surface area contributed by atoms with Gasteiger partial charge in [-0.05, 0) is 52.5 Å². The summed E-state index contributed by atoms with van der Waals surface area (Å²) in [6.07, 6.45) is 7.30. The Labute approximate surface area is 195 Å². The van der Waals surface area contributed by atoms with Crippen molar-refractivity contribution < 1.29 is 13.2 Å². The van der Waals surface area contributed by atoms with E-state index in [4.69, 9.17) is 0 Å². The minimum Gasteiger partial charge on any atom is -0.345 e. The number of aryl methyl sites for hydroxylation is 1. The van der Waals surface area contributed by atoms with Crippen LogP contribution in [0.25, 0.3) is 10.7 Å². The van der Waals surface area contributed by atoms with E-state index in [1.807, 2.05) is 37.3 Å². The van der Waals surface area contributed by atoms with Crippen molar-refractivity contribution in [3.8, 4) is 10.7 Å². The number of carbonyl (C=O) groups is 1. The number of carbonyl (C=O) groups excluding carboxylic acids is 1. The van der Waals surface area contributed by atoms with Crippen molar-refractivity contribution in [2.75, 3.05) is 19.6 Å². The summed E-state index contributed by atoms with van der Waals surface area (Å²) in [6.45, 7) is 7.86. The predicted molar refractivity (Wildman–Crippen MR) is 128 cm³/mol. The fourth-order valence-electron chi connectivity index (χ4n) is 4.81. The van der Waals surface area contributed by atoms with Gasteiger partial charge in [0.25, 0.3) is 5.91 Å². The maximum absolute atomic E-state index is 13.5. The third kappa shape index (κ3) is 4.26. The van der Waals surface area contributed by atoms with Gasteiger partial charge in [0.1, 0.15) is 14.8 Å². The monoisotopic (exact) mass is 478 g/mol. The number of hydrogen-bond acceptors (Lipinski definition) is 5. The molecule has 176 valence electrons. The van der Waals surface area contributed by atoms with Crippen LogP contribution in [0.3, 0.4) is 0 Å². The van der Waals surface area contributed by atoms with Crippen LogP contribution in [0.2, 0.25) is 0 Å². The van der Waals surface area contributed by atoms with Crippen LogP contribution in [0.1, 0.15) is 72.9 Å². The Morgan fingerprint density at radius 2 is 1.72 bits per heavy atom. The molecule has 9 heteroatoms. The average Bonchev–Trinajstić information content (AvgIpc) is 3.14. The molecule has 0 radical (unpaired) electrons. The van der Waals surface area contributed by atoms with Crippen molar-refractivity contribution in [2.45, 2.75) is 76.7 Å². The molecule has 2 saturated heterocycles. The summed E-state index contributed by atoms with van der Waals surface area (Å²) in [4.78, 5) is 20.8. The van der Waals surface area contributed by atoms with Gasteiger partial charge >= 0.3 is 0 Å². The summed E-state index contributed by atoms with van der Waals surface area (Å²) in [5.74, 6) is 0.0501. The second-order valence-corrected chi connectivity index (χ2v) is 12.0. The highest BCUT2D eigenvalue weighted by Gasteiger charge is 2.34. The van der Waals surface area contributed by atoms with Crippen molar-refractivity contribution in [3.05, 3.63) is 22.3 Å². The van der Waals surface area contributed by atoms with E-state index in [2.05, 4.69) is 4.98 Å². The van der Waals surface area contributed by atoms with Crippen LogP contribution in [0.15, 0.2) is 11.0 Å². The molecule has 0 saturated carbocycles. The summed E-state index contributed by atoms with van der Waals surface area (Å²) >= 11 is 1.37. The highest BCUT2D eigenvalue weighted by atomic mass is 32.2. The van der Waals surface area contributed by atoms with Crippen LogP contribution in [0, 0.1) is 13.8 Å². The van der Waals surface area contributed by atoms with Crippen molar-refractivity contribution in [3.63, 3.8) is 0 Å². The number of aromatic nitrogens is 2. The van der Waals surface area contributed by atoms with E-state index in [0.29, 0.717) is 32.7 Å². The van der Waals surface area contributed by atoms with Crippen molar-refractivity contribution in [1.82, 2.24) is 18.8 Å². The fraction of sp³-hybridized carbons (Fsp3) is 0.652. The zero-order valence-electron chi connectivity index (χ0n) is 19.6. The molecular weight excluding hydrogens is 444 g/mol. The minimum atomic E-state index is -3.58. The number of likely N-dealkylation sites (tertiary alicyclic amines) is 1. The van der Waals surface area contributed by atoms with E-state index in [1.54, 1.807) is 10.4 Å². The summed E-state index contributed by atoms with van der Waals surface area (Å²) in [5, 5.41) is 0.694. The highest BCUT2D eigenvalue weighted by Crippen LogP contribution is 2.35. The van der Waals surface area contributed by atoms with Crippen LogP contribution in [0.5, 0.6) is 0 Å². The lowest BCUT2D eigenvalue weighted by Crippen LogP contribution is -2.42. The van der Waals surface area contributed by atoms with Crippen LogP contribution in [0.4, 0.5) is 0 Å². The number of thiazole rings is 1. The van der Waals surface area contributed by atoms with Crippen LogP contribution in [-0.4, -0.2) is 58.8 Å². The second kappa shape index (κ2) is 9.27. The standard InChI is InChI=1S/C23H34N4O3S2/c1-16-11-7-10-14-27(16)32(29,30)20-15-19(25(4)18(20)3)22-24-17(2)21(31-22)23(28)26-12-8-5-6-9-13-26/h15-16H,5-14H2,1-4H3/t16-/m1/s1. The summed E-state index contributed by atoms with van der Waals surface area (Å²) < 4.78 is 30.5. The van der Waals surface area contributed by atoms with Crippen LogP contribution >= 0.6 is 11.3 Å². The molecule has 4 rings (SSSR count). The maximum Gasteiger partial charge on any atom is 0.265 e. The molecule has 4 heterocycles. The summed E-state index contributed by atoms with van der Waals surface area (Å²) in [6, 6.07) is 1.75. The molecule has 0 aliphatic carbocycles. The molecule has 0 aromatic carbocycles. The topological polar surface area (TPSA) is 75.5 Å². The first-order valence-corrected chi connectivity index (χ1v) is 13.9. The third-order valence-electron chi connectivity index (χ3n) is 6.92. The van der Waals surface area contributed by atoms with Crippen LogP contribution in [-0.2, 0) is 17.1 Å². The lowest BCUT2D eigenvalue weighted by atomic mass is 10.1. The zero-order chi connectivity index (χ0) is 23.0. The van der Waals surface area contributed by atoms with Gasteiger partial charge in [-0.25, -0.2) is 13.4 Å². The van der Waals surface area contributed by atoms with Crippen molar-refractivity contribution in [1.29, 1.82) is 0 Å². The second-order valence-electron chi connectivity index (χ2n) is 9.14. The number of piperidine rings is 1. The SMILES string of the molecule is Cc1nc(-c2cc(S(=O)(=O)N3CCCC[C@H]3C)c(C)n2C)sc1C(=O)N1CCCCCC1. The molecule has 0 N–H and O–H groups in total. The average molecular weight is 479 g/mol. The van der Waals surface area contributed by atoms with Gasteiger partial charge in [-0.3, -0.25) is 4.79 Å². The smallest absolute Gasteiger partial charge is 0.265 e. The van der Waals surface area contributed by atoms with Gasteiger partial charge in [-0.15, -0.1) is 11.3 Å². The summed E-state index contributed by atoms with van der Waals surface area (Å²) in [5.41, 5.74) is 2.16. The van der Waals surface area contributed by atoms with Gasteiger partial charge < -0.3 is 9.47 Å². The lowest BCUT2D eigenvalue weighted by molar-refractivity contribution is 0.0765.